The van der Waals surface area contributed by atoms with Crippen molar-refractivity contribution in [3.8, 4) is 11.4 Å². The average molecular weight is 253 g/mol. The number of pyridine rings is 1. The van der Waals surface area contributed by atoms with Crippen LogP contribution in [0.5, 0.6) is 0 Å². The second kappa shape index (κ2) is 4.20. The molecule has 19 heavy (non-hydrogen) atoms. The number of hydrogen-bond acceptors (Lipinski definition) is 3. The molecule has 0 fully saturated rings. The van der Waals surface area contributed by atoms with Crippen LogP contribution in [0.3, 0.4) is 0 Å². The highest BCUT2D eigenvalue weighted by Gasteiger charge is 2.14. The smallest absolute Gasteiger partial charge is 0.337 e. The Hall–Kier alpha value is -2.69. The molecule has 3 aromatic rings. The van der Waals surface area contributed by atoms with Gasteiger partial charge in [0.15, 0.2) is 0 Å². The number of H-pyrrole nitrogens is 1. The van der Waals surface area contributed by atoms with Crippen LogP contribution in [-0.2, 0) is 0 Å². The van der Waals surface area contributed by atoms with E-state index in [2.05, 4.69) is 15.0 Å². The molecule has 94 valence electrons. The Morgan fingerprint density at radius 3 is 2.84 bits per heavy atom. The summed E-state index contributed by atoms with van der Waals surface area (Å²) in [6.45, 7) is 1.89. The monoisotopic (exact) mass is 253 g/mol. The van der Waals surface area contributed by atoms with Crippen LogP contribution in [0, 0.1) is 6.92 Å². The number of rotatable bonds is 2. The Kier molecular flexibility index (Phi) is 2.52. The number of carboxylic acids is 1. The maximum Gasteiger partial charge on any atom is 0.337 e. The molecule has 5 heteroatoms. The van der Waals surface area contributed by atoms with Gasteiger partial charge in [-0.15, -0.1) is 0 Å². The first-order valence-electron chi connectivity index (χ1n) is 5.81. The zero-order chi connectivity index (χ0) is 13.4. The third kappa shape index (κ3) is 1.85. The number of aromatic amines is 1. The van der Waals surface area contributed by atoms with E-state index in [0.29, 0.717) is 16.9 Å². The highest BCUT2D eigenvalue weighted by Crippen LogP contribution is 2.24. The van der Waals surface area contributed by atoms with Crippen molar-refractivity contribution < 1.29 is 9.90 Å². The third-order valence-corrected chi connectivity index (χ3v) is 3.01. The molecule has 3 rings (SSSR count). The summed E-state index contributed by atoms with van der Waals surface area (Å²) in [4.78, 5) is 22.9. The summed E-state index contributed by atoms with van der Waals surface area (Å²) >= 11 is 0. The minimum absolute atomic E-state index is 0.196. The molecule has 0 amide bonds. The number of carboxylic acid groups (broad SMARTS) is 1. The van der Waals surface area contributed by atoms with Crippen molar-refractivity contribution >= 4 is 17.0 Å². The average Bonchev–Trinajstić information content (AvgIpc) is 2.82. The van der Waals surface area contributed by atoms with Gasteiger partial charge in [-0.1, -0.05) is 6.07 Å². The van der Waals surface area contributed by atoms with E-state index in [-0.39, 0.29) is 5.56 Å². The summed E-state index contributed by atoms with van der Waals surface area (Å²) in [6, 6.07) is 8.79. The summed E-state index contributed by atoms with van der Waals surface area (Å²) in [5, 5.41) is 9.15. The van der Waals surface area contributed by atoms with Crippen molar-refractivity contribution in [3.63, 3.8) is 0 Å². The van der Waals surface area contributed by atoms with E-state index in [1.807, 2.05) is 25.1 Å². The van der Waals surface area contributed by atoms with Crippen molar-refractivity contribution in [2.75, 3.05) is 0 Å². The molecule has 0 aliphatic carbocycles. The van der Waals surface area contributed by atoms with E-state index >= 15 is 0 Å². The van der Waals surface area contributed by atoms with E-state index < -0.39 is 5.97 Å². The SMILES string of the molecule is Cc1ncccc1-c1nc2c(C(=O)O)cccc2[nH]1. The molecule has 0 radical (unpaired) electrons. The van der Waals surface area contributed by atoms with Crippen molar-refractivity contribution in [3.05, 3.63) is 47.8 Å². The topological polar surface area (TPSA) is 78.9 Å². The molecule has 2 aromatic heterocycles. The number of carbonyl (C=O) groups is 1. The highest BCUT2D eigenvalue weighted by atomic mass is 16.4. The molecule has 0 unspecified atom stereocenters. The number of para-hydroxylation sites is 1. The van der Waals surface area contributed by atoms with Crippen LogP contribution in [-0.4, -0.2) is 26.0 Å². The largest absolute Gasteiger partial charge is 0.478 e. The quantitative estimate of drug-likeness (QED) is 0.735. The molecule has 0 saturated heterocycles. The zero-order valence-corrected chi connectivity index (χ0v) is 10.2. The number of aromatic carboxylic acids is 1. The molecule has 2 N–H and O–H groups in total. The Morgan fingerprint density at radius 2 is 2.11 bits per heavy atom. The number of nitrogens with one attached hydrogen (secondary N) is 1. The Labute approximate surface area is 109 Å². The molecule has 0 aliphatic rings. The molecule has 1 aromatic carbocycles. The lowest BCUT2D eigenvalue weighted by Crippen LogP contribution is -1.96. The van der Waals surface area contributed by atoms with Gasteiger partial charge in [0.25, 0.3) is 0 Å². The number of fused-ring (bicyclic) bond motifs is 1. The van der Waals surface area contributed by atoms with Crippen molar-refractivity contribution in [1.82, 2.24) is 15.0 Å². The Morgan fingerprint density at radius 1 is 1.26 bits per heavy atom. The summed E-state index contributed by atoms with van der Waals surface area (Å²) in [6.07, 6.45) is 1.71. The van der Waals surface area contributed by atoms with Crippen LogP contribution in [0.15, 0.2) is 36.5 Å². The standard InChI is InChI=1S/C14H11N3O2/c1-8-9(5-3-7-15-8)13-16-11-6-2-4-10(14(18)19)12(11)17-13/h2-7H,1H3,(H,16,17)(H,18,19). The van der Waals surface area contributed by atoms with Gasteiger partial charge in [0, 0.05) is 17.5 Å². The van der Waals surface area contributed by atoms with Crippen molar-refractivity contribution in [1.29, 1.82) is 0 Å². The van der Waals surface area contributed by atoms with Gasteiger partial charge in [-0.05, 0) is 31.2 Å². The van der Waals surface area contributed by atoms with E-state index in [1.165, 1.54) is 0 Å². The normalized spacial score (nSPS) is 10.8. The zero-order valence-electron chi connectivity index (χ0n) is 10.2. The molecule has 2 heterocycles. The number of aryl methyl sites for hydroxylation is 1. The molecule has 5 nitrogen and oxygen atoms in total. The molecule has 0 aliphatic heterocycles. The van der Waals surface area contributed by atoms with Crippen LogP contribution < -0.4 is 0 Å². The second-order valence-electron chi connectivity index (χ2n) is 4.23. The number of benzene rings is 1. The molecular weight excluding hydrogens is 242 g/mol. The van der Waals surface area contributed by atoms with Crippen LogP contribution >= 0.6 is 0 Å². The second-order valence-corrected chi connectivity index (χ2v) is 4.23. The van der Waals surface area contributed by atoms with Gasteiger partial charge in [0.1, 0.15) is 11.3 Å². The van der Waals surface area contributed by atoms with Gasteiger partial charge in [0.2, 0.25) is 0 Å². The predicted octanol–water partition coefficient (Wildman–Crippen LogP) is 2.63. The first-order chi connectivity index (χ1) is 9.16. The van der Waals surface area contributed by atoms with E-state index in [0.717, 1.165) is 11.3 Å². The molecule has 0 saturated carbocycles. The van der Waals surface area contributed by atoms with Crippen molar-refractivity contribution in [2.45, 2.75) is 6.92 Å². The first kappa shape index (κ1) is 11.4. The van der Waals surface area contributed by atoms with Gasteiger partial charge in [-0.3, -0.25) is 4.98 Å². The lowest BCUT2D eigenvalue weighted by Gasteiger charge is -1.99. The summed E-state index contributed by atoms with van der Waals surface area (Å²) in [5.74, 6) is -0.346. The van der Waals surface area contributed by atoms with Crippen LogP contribution in [0.2, 0.25) is 0 Å². The van der Waals surface area contributed by atoms with E-state index in [9.17, 15) is 4.79 Å². The van der Waals surface area contributed by atoms with Crippen molar-refractivity contribution in [2.24, 2.45) is 0 Å². The van der Waals surface area contributed by atoms with Crippen LogP contribution in [0.25, 0.3) is 22.4 Å². The van der Waals surface area contributed by atoms with E-state index in [4.69, 9.17) is 5.11 Å². The summed E-state index contributed by atoms with van der Waals surface area (Å²) in [7, 11) is 0. The Balaban J connectivity index is 2.26. The van der Waals surface area contributed by atoms with Gasteiger partial charge in [-0.2, -0.15) is 0 Å². The Bertz CT molecular complexity index is 777. The molecule has 0 atom stereocenters. The van der Waals surface area contributed by atoms with Gasteiger partial charge >= 0.3 is 5.97 Å². The van der Waals surface area contributed by atoms with Crippen LogP contribution in [0.1, 0.15) is 16.1 Å². The lowest BCUT2D eigenvalue weighted by molar-refractivity contribution is 0.0699. The molecular formula is C14H11N3O2. The summed E-state index contributed by atoms with van der Waals surface area (Å²) < 4.78 is 0. The number of aromatic nitrogens is 3. The molecule has 0 spiro atoms. The maximum absolute atomic E-state index is 11.2. The minimum atomic E-state index is -0.980. The van der Waals surface area contributed by atoms with Gasteiger partial charge < -0.3 is 10.1 Å². The third-order valence-electron chi connectivity index (χ3n) is 3.01. The predicted molar refractivity (Wildman–Crippen MR) is 71.0 cm³/mol. The molecule has 0 bridgehead atoms. The number of imidazole rings is 1. The number of hydrogen-bond donors (Lipinski definition) is 2. The van der Waals surface area contributed by atoms with Crippen LogP contribution in [0.4, 0.5) is 0 Å². The fourth-order valence-corrected chi connectivity index (χ4v) is 2.07. The van der Waals surface area contributed by atoms with E-state index in [1.54, 1.807) is 18.3 Å². The highest BCUT2D eigenvalue weighted by molar-refractivity contribution is 6.01. The lowest BCUT2D eigenvalue weighted by atomic mass is 10.2. The fourth-order valence-electron chi connectivity index (χ4n) is 2.07. The number of nitrogens with zero attached hydrogens (tertiary/aromatic N) is 2. The minimum Gasteiger partial charge on any atom is -0.478 e. The van der Waals surface area contributed by atoms with Gasteiger partial charge in [0.05, 0.1) is 11.1 Å². The summed E-state index contributed by atoms with van der Waals surface area (Å²) in [5.41, 5.74) is 3.08. The maximum atomic E-state index is 11.2. The first-order valence-corrected chi connectivity index (χ1v) is 5.81. The fraction of sp³-hybridized carbons (Fsp3) is 0.0714. The van der Waals surface area contributed by atoms with Gasteiger partial charge in [-0.25, -0.2) is 9.78 Å².